The Morgan fingerprint density at radius 2 is 1.00 bits per heavy atom. The first-order valence-electron chi connectivity index (χ1n) is 14.8. The van der Waals surface area contributed by atoms with Crippen LogP contribution >= 0.6 is 0 Å². The van der Waals surface area contributed by atoms with E-state index in [0.717, 1.165) is 0 Å². The quantitative estimate of drug-likeness (QED) is 0.117. The van der Waals surface area contributed by atoms with Crippen LogP contribution in [0.1, 0.15) is 168 Å². The van der Waals surface area contributed by atoms with E-state index >= 15 is 0 Å². The highest BCUT2D eigenvalue weighted by atomic mass is 15.2. The van der Waals surface area contributed by atoms with Crippen molar-refractivity contribution < 1.29 is 4.57 Å². The second-order valence-corrected chi connectivity index (χ2v) is 10.5. The molecule has 32 heavy (non-hydrogen) atoms. The first-order valence-corrected chi connectivity index (χ1v) is 14.8. The van der Waals surface area contributed by atoms with Crippen molar-refractivity contribution in [1.82, 2.24) is 4.57 Å². The van der Waals surface area contributed by atoms with Crippen molar-refractivity contribution in [3.05, 3.63) is 18.2 Å². The van der Waals surface area contributed by atoms with Gasteiger partial charge in [-0.3, -0.25) is 0 Å². The van der Waals surface area contributed by atoms with Gasteiger partial charge in [0.1, 0.15) is 12.4 Å². The SMILES string of the molecule is CCCCCCCCCCCCC[n+]1ccn(C(C)C)c1CCCCCCCCCCC. The molecular weight excluding hydrogens is 388 g/mol. The van der Waals surface area contributed by atoms with E-state index < -0.39 is 0 Å². The van der Waals surface area contributed by atoms with Crippen LogP contribution in [0.25, 0.3) is 0 Å². The molecule has 1 aromatic rings. The summed E-state index contributed by atoms with van der Waals surface area (Å²) in [5, 5.41) is 0. The average molecular weight is 448 g/mol. The van der Waals surface area contributed by atoms with E-state index in [1.54, 1.807) is 5.82 Å². The summed E-state index contributed by atoms with van der Waals surface area (Å²) in [7, 11) is 0. The van der Waals surface area contributed by atoms with Crippen molar-refractivity contribution >= 4 is 0 Å². The Morgan fingerprint density at radius 1 is 0.594 bits per heavy atom. The third-order valence-corrected chi connectivity index (χ3v) is 7.10. The molecule has 0 spiro atoms. The first-order chi connectivity index (χ1) is 15.7. The lowest BCUT2D eigenvalue weighted by atomic mass is 10.1. The molecule has 0 saturated carbocycles. The summed E-state index contributed by atoms with van der Waals surface area (Å²) >= 11 is 0. The number of rotatable bonds is 23. The van der Waals surface area contributed by atoms with Crippen molar-refractivity contribution in [3.63, 3.8) is 0 Å². The molecule has 0 bridgehead atoms. The van der Waals surface area contributed by atoms with Crippen LogP contribution in [0.15, 0.2) is 12.4 Å². The van der Waals surface area contributed by atoms with Gasteiger partial charge in [-0.05, 0) is 33.1 Å². The van der Waals surface area contributed by atoms with Crippen LogP contribution in [-0.4, -0.2) is 4.57 Å². The van der Waals surface area contributed by atoms with Crippen LogP contribution in [0.3, 0.4) is 0 Å². The van der Waals surface area contributed by atoms with E-state index in [2.05, 4.69) is 49.2 Å². The largest absolute Gasteiger partial charge is 0.256 e. The number of hydrogen-bond donors (Lipinski definition) is 0. The van der Waals surface area contributed by atoms with E-state index in [1.165, 1.54) is 141 Å². The highest BCUT2D eigenvalue weighted by Gasteiger charge is 2.18. The number of imidazole rings is 1. The fraction of sp³-hybridized carbons (Fsp3) is 0.900. The van der Waals surface area contributed by atoms with Crippen molar-refractivity contribution in [2.75, 3.05) is 0 Å². The Labute approximate surface area is 202 Å². The molecule has 0 aliphatic carbocycles. The van der Waals surface area contributed by atoms with Gasteiger partial charge in [-0.15, -0.1) is 0 Å². The Balaban J connectivity index is 2.18. The molecule has 0 N–H and O–H groups in total. The molecule has 0 unspecified atom stereocenters. The van der Waals surface area contributed by atoms with Crippen molar-refractivity contribution in [3.8, 4) is 0 Å². The molecule has 0 aliphatic rings. The summed E-state index contributed by atoms with van der Waals surface area (Å²) in [6.45, 7) is 10.5. The first kappa shape index (κ1) is 29.2. The summed E-state index contributed by atoms with van der Waals surface area (Å²) in [6.07, 6.45) is 34.3. The molecule has 0 aliphatic heterocycles. The van der Waals surface area contributed by atoms with Gasteiger partial charge in [0.25, 0.3) is 5.82 Å². The monoisotopic (exact) mass is 447 g/mol. The summed E-state index contributed by atoms with van der Waals surface area (Å²) in [6, 6.07) is 0.571. The number of aromatic nitrogens is 2. The molecular formula is C30H59N2+. The number of hydrogen-bond acceptors (Lipinski definition) is 0. The fourth-order valence-electron chi connectivity index (χ4n) is 4.96. The van der Waals surface area contributed by atoms with Gasteiger partial charge in [0.15, 0.2) is 0 Å². The van der Waals surface area contributed by atoms with Gasteiger partial charge in [-0.2, -0.15) is 0 Å². The van der Waals surface area contributed by atoms with E-state index in [9.17, 15) is 0 Å². The summed E-state index contributed by atoms with van der Waals surface area (Å²) in [5.74, 6) is 1.56. The maximum atomic E-state index is 2.57. The van der Waals surface area contributed by atoms with Gasteiger partial charge in [-0.25, -0.2) is 9.13 Å². The number of nitrogens with zero attached hydrogens (tertiary/aromatic N) is 2. The molecule has 1 heterocycles. The molecule has 0 fully saturated rings. The average Bonchev–Trinajstić information content (AvgIpc) is 3.19. The fourth-order valence-corrected chi connectivity index (χ4v) is 4.96. The van der Waals surface area contributed by atoms with Crippen LogP contribution in [0.5, 0.6) is 0 Å². The van der Waals surface area contributed by atoms with Crippen LogP contribution in [-0.2, 0) is 13.0 Å². The second-order valence-electron chi connectivity index (χ2n) is 10.5. The highest BCUT2D eigenvalue weighted by Crippen LogP contribution is 2.15. The Bertz CT molecular complexity index is 517. The lowest BCUT2D eigenvalue weighted by Crippen LogP contribution is -2.37. The zero-order valence-corrected chi connectivity index (χ0v) is 22.7. The predicted molar refractivity (Wildman–Crippen MR) is 142 cm³/mol. The lowest BCUT2D eigenvalue weighted by molar-refractivity contribution is -0.704. The van der Waals surface area contributed by atoms with Crippen LogP contribution in [0.2, 0.25) is 0 Å². The molecule has 0 atom stereocenters. The summed E-state index contributed by atoms with van der Waals surface area (Å²) < 4.78 is 5.09. The van der Waals surface area contributed by atoms with Crippen molar-refractivity contribution in [1.29, 1.82) is 0 Å². The van der Waals surface area contributed by atoms with Crippen molar-refractivity contribution in [2.24, 2.45) is 0 Å². The summed E-state index contributed by atoms with van der Waals surface area (Å²) in [4.78, 5) is 0. The van der Waals surface area contributed by atoms with Gasteiger partial charge in [-0.1, -0.05) is 123 Å². The molecule has 0 aromatic carbocycles. The molecule has 0 saturated heterocycles. The van der Waals surface area contributed by atoms with Gasteiger partial charge in [0, 0.05) is 6.42 Å². The maximum Gasteiger partial charge on any atom is 0.256 e. The second kappa shape index (κ2) is 20.8. The molecule has 2 nitrogen and oxygen atoms in total. The van der Waals surface area contributed by atoms with E-state index in [-0.39, 0.29) is 0 Å². The smallest absolute Gasteiger partial charge is 0.234 e. The highest BCUT2D eigenvalue weighted by molar-refractivity contribution is 4.86. The lowest BCUT2D eigenvalue weighted by Gasteiger charge is -2.08. The Morgan fingerprint density at radius 3 is 1.44 bits per heavy atom. The molecule has 1 rings (SSSR count). The van der Waals surface area contributed by atoms with E-state index in [4.69, 9.17) is 0 Å². The third kappa shape index (κ3) is 14.4. The van der Waals surface area contributed by atoms with Crippen LogP contribution in [0.4, 0.5) is 0 Å². The standard InChI is InChI=1S/C30H59N2/c1-5-7-9-11-13-15-16-18-20-22-24-26-31-27-28-32(29(3)4)30(31)25-23-21-19-17-14-12-10-8-6-2/h27-29H,5-26H2,1-4H3/q+1. The number of unbranched alkanes of at least 4 members (excludes halogenated alkanes) is 18. The van der Waals surface area contributed by atoms with Gasteiger partial charge in [0.05, 0.1) is 12.6 Å². The van der Waals surface area contributed by atoms with E-state index in [0.29, 0.717) is 6.04 Å². The third-order valence-electron chi connectivity index (χ3n) is 7.10. The van der Waals surface area contributed by atoms with E-state index in [1.807, 2.05) is 0 Å². The van der Waals surface area contributed by atoms with Gasteiger partial charge >= 0.3 is 0 Å². The van der Waals surface area contributed by atoms with Gasteiger partial charge < -0.3 is 0 Å². The maximum absolute atomic E-state index is 2.57. The number of aryl methyl sites for hydroxylation is 1. The Kier molecular flexibility index (Phi) is 19.0. The molecule has 0 amide bonds. The summed E-state index contributed by atoms with van der Waals surface area (Å²) in [5.41, 5.74) is 0. The minimum Gasteiger partial charge on any atom is -0.234 e. The van der Waals surface area contributed by atoms with Crippen LogP contribution in [0, 0.1) is 0 Å². The molecule has 188 valence electrons. The topological polar surface area (TPSA) is 8.81 Å². The minimum absolute atomic E-state index is 0.571. The minimum atomic E-state index is 0.571. The zero-order chi connectivity index (χ0) is 23.3. The molecule has 1 aromatic heterocycles. The zero-order valence-electron chi connectivity index (χ0n) is 22.7. The van der Waals surface area contributed by atoms with Crippen molar-refractivity contribution in [2.45, 2.75) is 175 Å². The molecule has 0 radical (unpaired) electrons. The Hall–Kier alpha value is -0.790. The normalized spacial score (nSPS) is 11.7. The molecule has 2 heteroatoms. The van der Waals surface area contributed by atoms with Crippen LogP contribution < -0.4 is 4.57 Å². The van der Waals surface area contributed by atoms with Gasteiger partial charge in [0.2, 0.25) is 0 Å². The predicted octanol–water partition coefficient (Wildman–Crippen LogP) is 9.74.